The molecule has 0 bridgehead atoms. The predicted octanol–water partition coefficient (Wildman–Crippen LogP) is 2.94. The van der Waals surface area contributed by atoms with Crippen LogP contribution in [0.2, 0.25) is 0 Å². The molecule has 20 heavy (non-hydrogen) atoms. The van der Waals surface area contributed by atoms with E-state index < -0.39 is 0 Å². The monoisotopic (exact) mass is 280 g/mol. The number of para-hydroxylation sites is 1. The van der Waals surface area contributed by atoms with Gasteiger partial charge in [-0.25, -0.2) is 4.39 Å². The smallest absolute Gasteiger partial charge is 0.146 e. The van der Waals surface area contributed by atoms with Crippen LogP contribution in [0.5, 0.6) is 0 Å². The van der Waals surface area contributed by atoms with Crippen LogP contribution in [0.4, 0.5) is 10.1 Å². The average Bonchev–Trinajstić information content (AvgIpc) is 3.24. The summed E-state index contributed by atoms with van der Waals surface area (Å²) in [4.78, 5) is 2.09. The number of anilines is 1. The standard InChI is InChI=1S/C16H25FN2O/c1-4-19(12(2)11-20-3)16-13(6-5-7-15(16)17)10-18-14-8-9-14/h5-7,12,14,18H,4,8-11H2,1-3H3. The van der Waals surface area contributed by atoms with Gasteiger partial charge >= 0.3 is 0 Å². The molecule has 112 valence electrons. The Morgan fingerprint density at radius 3 is 2.80 bits per heavy atom. The van der Waals surface area contributed by atoms with Crippen molar-refractivity contribution in [3.8, 4) is 0 Å². The largest absolute Gasteiger partial charge is 0.383 e. The molecule has 1 saturated carbocycles. The minimum atomic E-state index is -0.148. The van der Waals surface area contributed by atoms with E-state index in [1.807, 2.05) is 6.07 Å². The summed E-state index contributed by atoms with van der Waals surface area (Å²) in [7, 11) is 1.68. The molecule has 1 fully saturated rings. The molecule has 1 aliphatic rings. The summed E-state index contributed by atoms with van der Waals surface area (Å²) in [5, 5.41) is 3.47. The molecule has 1 aromatic carbocycles. The van der Waals surface area contributed by atoms with Crippen molar-refractivity contribution in [2.24, 2.45) is 0 Å². The molecular formula is C16H25FN2O. The molecule has 0 spiro atoms. The van der Waals surface area contributed by atoms with Crippen LogP contribution in [0, 0.1) is 5.82 Å². The van der Waals surface area contributed by atoms with Crippen LogP contribution in [0.3, 0.4) is 0 Å². The maximum Gasteiger partial charge on any atom is 0.146 e. The zero-order chi connectivity index (χ0) is 14.5. The molecule has 1 aliphatic carbocycles. The number of rotatable bonds is 8. The molecule has 3 nitrogen and oxygen atoms in total. The van der Waals surface area contributed by atoms with E-state index in [2.05, 4.69) is 24.1 Å². The summed E-state index contributed by atoms with van der Waals surface area (Å²) in [6.07, 6.45) is 2.48. The van der Waals surface area contributed by atoms with Gasteiger partial charge in [0.05, 0.1) is 12.3 Å². The zero-order valence-corrected chi connectivity index (χ0v) is 12.7. The van der Waals surface area contributed by atoms with Crippen LogP contribution in [-0.2, 0) is 11.3 Å². The van der Waals surface area contributed by atoms with Crippen molar-refractivity contribution in [3.05, 3.63) is 29.6 Å². The first-order valence-corrected chi connectivity index (χ1v) is 7.43. The zero-order valence-electron chi connectivity index (χ0n) is 12.7. The maximum atomic E-state index is 14.3. The summed E-state index contributed by atoms with van der Waals surface area (Å²) in [5.74, 6) is -0.148. The number of ether oxygens (including phenoxy) is 1. The number of hydrogen-bond donors (Lipinski definition) is 1. The van der Waals surface area contributed by atoms with Gasteiger partial charge in [-0.2, -0.15) is 0 Å². The van der Waals surface area contributed by atoms with Crippen LogP contribution >= 0.6 is 0 Å². The highest BCUT2D eigenvalue weighted by molar-refractivity contribution is 5.55. The van der Waals surface area contributed by atoms with E-state index in [1.54, 1.807) is 13.2 Å². The number of benzene rings is 1. The van der Waals surface area contributed by atoms with Gasteiger partial charge in [-0.1, -0.05) is 12.1 Å². The third kappa shape index (κ3) is 3.70. The highest BCUT2D eigenvalue weighted by Gasteiger charge is 2.23. The highest BCUT2D eigenvalue weighted by atomic mass is 19.1. The minimum Gasteiger partial charge on any atom is -0.383 e. The Morgan fingerprint density at radius 1 is 1.45 bits per heavy atom. The quantitative estimate of drug-likeness (QED) is 0.792. The molecule has 0 amide bonds. The lowest BCUT2D eigenvalue weighted by Gasteiger charge is -2.32. The minimum absolute atomic E-state index is 0.148. The third-order valence-corrected chi connectivity index (χ3v) is 3.80. The van der Waals surface area contributed by atoms with E-state index in [1.165, 1.54) is 18.9 Å². The predicted molar refractivity (Wildman–Crippen MR) is 80.6 cm³/mol. The molecule has 1 unspecified atom stereocenters. The van der Waals surface area contributed by atoms with Gasteiger partial charge in [0, 0.05) is 32.3 Å². The van der Waals surface area contributed by atoms with Crippen molar-refractivity contribution in [2.45, 2.75) is 45.3 Å². The van der Waals surface area contributed by atoms with Crippen LogP contribution < -0.4 is 10.2 Å². The Balaban J connectivity index is 2.21. The molecular weight excluding hydrogens is 255 g/mol. The summed E-state index contributed by atoms with van der Waals surface area (Å²) in [6.45, 7) is 6.21. The molecule has 2 rings (SSSR count). The van der Waals surface area contributed by atoms with E-state index in [0.717, 1.165) is 18.7 Å². The molecule has 4 heteroatoms. The van der Waals surface area contributed by atoms with Crippen molar-refractivity contribution in [2.75, 3.05) is 25.2 Å². The lowest BCUT2D eigenvalue weighted by Crippen LogP contribution is -2.37. The Hall–Kier alpha value is -1.13. The Morgan fingerprint density at radius 2 is 2.20 bits per heavy atom. The van der Waals surface area contributed by atoms with Crippen molar-refractivity contribution in [1.82, 2.24) is 5.32 Å². The van der Waals surface area contributed by atoms with E-state index in [0.29, 0.717) is 18.3 Å². The van der Waals surface area contributed by atoms with Gasteiger partial charge in [0.25, 0.3) is 0 Å². The van der Waals surface area contributed by atoms with Gasteiger partial charge in [-0.3, -0.25) is 0 Å². The molecule has 1 N–H and O–H groups in total. The van der Waals surface area contributed by atoms with Crippen LogP contribution in [0.15, 0.2) is 18.2 Å². The van der Waals surface area contributed by atoms with Crippen LogP contribution in [0.1, 0.15) is 32.3 Å². The Bertz CT molecular complexity index is 434. The fourth-order valence-corrected chi connectivity index (χ4v) is 2.59. The SMILES string of the molecule is CCN(c1c(F)cccc1CNC1CC1)C(C)COC. The first-order chi connectivity index (χ1) is 9.67. The number of hydrogen-bond acceptors (Lipinski definition) is 3. The van der Waals surface area contributed by atoms with Gasteiger partial charge in [-0.05, 0) is 38.3 Å². The average molecular weight is 280 g/mol. The fourth-order valence-electron chi connectivity index (χ4n) is 2.59. The third-order valence-electron chi connectivity index (χ3n) is 3.80. The summed E-state index contributed by atoms with van der Waals surface area (Å²) < 4.78 is 19.5. The first-order valence-electron chi connectivity index (χ1n) is 7.43. The Labute approximate surface area is 121 Å². The van der Waals surface area contributed by atoms with E-state index in [-0.39, 0.29) is 11.9 Å². The molecule has 0 aliphatic heterocycles. The lowest BCUT2D eigenvalue weighted by atomic mass is 10.1. The lowest BCUT2D eigenvalue weighted by molar-refractivity contribution is 0.181. The van der Waals surface area contributed by atoms with Crippen molar-refractivity contribution in [3.63, 3.8) is 0 Å². The number of halogens is 1. The summed E-state index contributed by atoms with van der Waals surface area (Å²) in [5.41, 5.74) is 1.74. The summed E-state index contributed by atoms with van der Waals surface area (Å²) in [6, 6.07) is 6.12. The summed E-state index contributed by atoms with van der Waals surface area (Å²) >= 11 is 0. The molecule has 0 aromatic heterocycles. The topological polar surface area (TPSA) is 24.5 Å². The van der Waals surface area contributed by atoms with Crippen LogP contribution in [-0.4, -0.2) is 32.3 Å². The first kappa shape index (κ1) is 15.3. The second-order valence-corrected chi connectivity index (χ2v) is 5.49. The van der Waals surface area contributed by atoms with Gasteiger partial charge in [0.15, 0.2) is 0 Å². The normalized spacial score (nSPS) is 16.2. The van der Waals surface area contributed by atoms with Crippen LogP contribution in [0.25, 0.3) is 0 Å². The number of methoxy groups -OCH3 is 1. The maximum absolute atomic E-state index is 14.3. The molecule has 0 saturated heterocycles. The van der Waals surface area contributed by atoms with E-state index >= 15 is 0 Å². The van der Waals surface area contributed by atoms with E-state index in [4.69, 9.17) is 4.74 Å². The van der Waals surface area contributed by atoms with Gasteiger partial charge in [-0.15, -0.1) is 0 Å². The molecule has 0 radical (unpaired) electrons. The van der Waals surface area contributed by atoms with Gasteiger partial charge in [0.2, 0.25) is 0 Å². The second kappa shape index (κ2) is 7.04. The van der Waals surface area contributed by atoms with Crippen molar-refractivity contribution in [1.29, 1.82) is 0 Å². The molecule has 1 atom stereocenters. The molecule has 0 heterocycles. The molecule has 1 aromatic rings. The number of nitrogens with one attached hydrogen (secondary N) is 1. The second-order valence-electron chi connectivity index (χ2n) is 5.49. The Kier molecular flexibility index (Phi) is 5.38. The van der Waals surface area contributed by atoms with Gasteiger partial charge in [0.1, 0.15) is 5.82 Å². The van der Waals surface area contributed by atoms with Crippen molar-refractivity contribution < 1.29 is 9.13 Å². The van der Waals surface area contributed by atoms with Gasteiger partial charge < -0.3 is 15.0 Å². The number of nitrogens with zero attached hydrogens (tertiary/aromatic N) is 1. The fraction of sp³-hybridized carbons (Fsp3) is 0.625. The van der Waals surface area contributed by atoms with Crippen molar-refractivity contribution >= 4 is 5.69 Å². The highest BCUT2D eigenvalue weighted by Crippen LogP contribution is 2.28. The number of likely N-dealkylation sites (N-methyl/N-ethyl adjacent to an activating group) is 1. The van der Waals surface area contributed by atoms with E-state index in [9.17, 15) is 4.39 Å².